The van der Waals surface area contributed by atoms with E-state index >= 15 is 0 Å². The Hall–Kier alpha value is -3.41. The average molecular weight is 391 g/mol. The Morgan fingerprint density at radius 3 is 2.14 bits per heavy atom. The van der Waals surface area contributed by atoms with Gasteiger partial charge in [0, 0.05) is 43.9 Å². The summed E-state index contributed by atoms with van der Waals surface area (Å²) in [6.45, 7) is 0.442. The van der Waals surface area contributed by atoms with Gasteiger partial charge in [0.25, 0.3) is 11.8 Å². The van der Waals surface area contributed by atoms with Crippen LogP contribution in [0.5, 0.6) is 0 Å². The minimum Gasteiger partial charge on any atom is -0.355 e. The molecule has 0 heterocycles. The molecule has 0 atom stereocenters. The van der Waals surface area contributed by atoms with Crippen molar-refractivity contribution >= 4 is 23.8 Å². The molecule has 2 aromatic carbocycles. The van der Waals surface area contributed by atoms with Crippen molar-refractivity contribution < 1.29 is 14.4 Å². The van der Waals surface area contributed by atoms with E-state index in [0.29, 0.717) is 23.7 Å². The lowest BCUT2D eigenvalue weighted by Gasteiger charge is -2.15. The molecule has 6 heteroatoms. The first-order chi connectivity index (χ1) is 14.0. The molecule has 0 unspecified atom stereocenters. The van der Waals surface area contributed by atoms with Crippen LogP contribution in [-0.4, -0.2) is 42.8 Å². The Balaban J connectivity index is 1.53. The van der Waals surface area contributed by atoms with Gasteiger partial charge in [-0.15, -0.1) is 0 Å². The highest BCUT2D eigenvalue weighted by Gasteiger charge is 2.23. The highest BCUT2D eigenvalue weighted by atomic mass is 16.2. The maximum Gasteiger partial charge on any atom is 0.251 e. The quantitative estimate of drug-likeness (QED) is 0.712. The summed E-state index contributed by atoms with van der Waals surface area (Å²) in [6.07, 6.45) is 5.36. The molecular formula is C23H25N3O3. The predicted octanol–water partition coefficient (Wildman–Crippen LogP) is 2.61. The van der Waals surface area contributed by atoms with Gasteiger partial charge in [0.1, 0.15) is 0 Å². The number of nitrogens with zero attached hydrogens (tertiary/aromatic N) is 1. The maximum atomic E-state index is 12.4. The zero-order chi connectivity index (χ0) is 20.8. The molecule has 2 aromatic rings. The Labute approximate surface area is 170 Å². The van der Waals surface area contributed by atoms with Crippen molar-refractivity contribution in [1.29, 1.82) is 0 Å². The molecule has 0 saturated heterocycles. The molecular weight excluding hydrogens is 366 g/mol. The van der Waals surface area contributed by atoms with E-state index in [-0.39, 0.29) is 17.7 Å². The van der Waals surface area contributed by atoms with Gasteiger partial charge in [0.2, 0.25) is 5.91 Å². The van der Waals surface area contributed by atoms with Gasteiger partial charge in [0.15, 0.2) is 0 Å². The lowest BCUT2D eigenvalue weighted by atomic mass is 10.1. The first-order valence-corrected chi connectivity index (χ1v) is 9.61. The van der Waals surface area contributed by atoms with Crippen LogP contribution < -0.4 is 10.6 Å². The van der Waals surface area contributed by atoms with Gasteiger partial charge < -0.3 is 15.5 Å². The van der Waals surface area contributed by atoms with E-state index in [1.807, 2.05) is 24.3 Å². The molecule has 0 spiro atoms. The van der Waals surface area contributed by atoms with E-state index in [9.17, 15) is 14.4 Å². The minimum absolute atomic E-state index is 0.0544. The topological polar surface area (TPSA) is 78.5 Å². The van der Waals surface area contributed by atoms with E-state index < -0.39 is 0 Å². The van der Waals surface area contributed by atoms with Gasteiger partial charge >= 0.3 is 0 Å². The highest BCUT2D eigenvalue weighted by molar-refractivity contribution is 5.95. The third-order valence-electron chi connectivity index (χ3n) is 4.74. The molecule has 0 bridgehead atoms. The van der Waals surface area contributed by atoms with Crippen LogP contribution in [0.4, 0.5) is 0 Å². The zero-order valence-corrected chi connectivity index (χ0v) is 16.6. The summed E-state index contributed by atoms with van der Waals surface area (Å²) in [5, 5.41) is 5.53. The van der Waals surface area contributed by atoms with E-state index in [1.165, 1.54) is 6.08 Å². The summed E-state index contributed by atoms with van der Waals surface area (Å²) < 4.78 is 0. The number of nitrogens with one attached hydrogen (secondary N) is 2. The third kappa shape index (κ3) is 5.78. The van der Waals surface area contributed by atoms with Crippen molar-refractivity contribution in [3.8, 4) is 0 Å². The fourth-order valence-corrected chi connectivity index (χ4v) is 2.79. The molecule has 3 amide bonds. The predicted molar refractivity (Wildman–Crippen MR) is 112 cm³/mol. The number of rotatable bonds is 7. The van der Waals surface area contributed by atoms with Crippen molar-refractivity contribution in [2.24, 2.45) is 0 Å². The monoisotopic (exact) mass is 391 g/mol. The second-order valence-corrected chi connectivity index (χ2v) is 7.17. The molecule has 0 aromatic heterocycles. The second kappa shape index (κ2) is 9.19. The van der Waals surface area contributed by atoms with Crippen molar-refractivity contribution in [3.05, 3.63) is 76.9 Å². The largest absolute Gasteiger partial charge is 0.355 e. The molecule has 1 saturated carbocycles. The number of likely N-dealkylation sites (N-methyl/N-ethyl adjacent to an activating group) is 1. The third-order valence-corrected chi connectivity index (χ3v) is 4.74. The van der Waals surface area contributed by atoms with Gasteiger partial charge in [-0.05, 0) is 54.3 Å². The Bertz CT molecular complexity index is 913. The van der Waals surface area contributed by atoms with Crippen LogP contribution >= 0.6 is 0 Å². The van der Waals surface area contributed by atoms with E-state index in [4.69, 9.17) is 0 Å². The van der Waals surface area contributed by atoms with Crippen molar-refractivity contribution in [2.45, 2.75) is 25.4 Å². The SMILES string of the molecule is CNC(=O)c1ccc(CN(C)C(=O)/C=C/c2ccc(C(=O)NC3CC3)cc2)cc1. The molecule has 1 fully saturated rings. The smallest absolute Gasteiger partial charge is 0.251 e. The van der Waals surface area contributed by atoms with Crippen molar-refractivity contribution in [1.82, 2.24) is 15.5 Å². The van der Waals surface area contributed by atoms with Crippen LogP contribution in [0, 0.1) is 0 Å². The molecule has 0 radical (unpaired) electrons. The summed E-state index contributed by atoms with van der Waals surface area (Å²) in [6, 6.07) is 14.7. The normalized spacial score (nSPS) is 13.2. The molecule has 2 N–H and O–H groups in total. The van der Waals surface area contributed by atoms with Crippen LogP contribution in [0.25, 0.3) is 6.08 Å². The Kier molecular flexibility index (Phi) is 6.44. The van der Waals surface area contributed by atoms with Crippen LogP contribution in [-0.2, 0) is 11.3 Å². The average Bonchev–Trinajstić information content (AvgIpc) is 3.56. The Morgan fingerprint density at radius 1 is 0.966 bits per heavy atom. The van der Waals surface area contributed by atoms with Gasteiger partial charge in [-0.1, -0.05) is 24.3 Å². The number of carbonyl (C=O) groups excluding carboxylic acids is 3. The number of carbonyl (C=O) groups is 3. The molecule has 6 nitrogen and oxygen atoms in total. The van der Waals surface area contributed by atoms with Gasteiger partial charge in [0.05, 0.1) is 0 Å². The molecule has 1 aliphatic carbocycles. The summed E-state index contributed by atoms with van der Waals surface area (Å²) in [5.41, 5.74) is 3.00. The van der Waals surface area contributed by atoms with E-state index in [1.54, 1.807) is 49.3 Å². The number of benzene rings is 2. The summed E-state index contributed by atoms with van der Waals surface area (Å²) >= 11 is 0. The van der Waals surface area contributed by atoms with Gasteiger partial charge in [-0.25, -0.2) is 0 Å². The fraction of sp³-hybridized carbons (Fsp3) is 0.261. The van der Waals surface area contributed by atoms with Crippen LogP contribution in [0.3, 0.4) is 0 Å². The van der Waals surface area contributed by atoms with Crippen LogP contribution in [0.15, 0.2) is 54.6 Å². The number of hydrogen-bond acceptors (Lipinski definition) is 3. The van der Waals surface area contributed by atoms with Crippen LogP contribution in [0.1, 0.15) is 44.7 Å². The molecule has 1 aliphatic rings. The van der Waals surface area contributed by atoms with Crippen molar-refractivity contribution in [3.63, 3.8) is 0 Å². The number of hydrogen-bond donors (Lipinski definition) is 2. The second-order valence-electron chi connectivity index (χ2n) is 7.17. The molecule has 0 aliphatic heterocycles. The summed E-state index contributed by atoms with van der Waals surface area (Å²) in [5.74, 6) is -0.322. The van der Waals surface area contributed by atoms with E-state index in [0.717, 1.165) is 24.0 Å². The minimum atomic E-state index is -0.139. The molecule has 3 rings (SSSR count). The zero-order valence-electron chi connectivity index (χ0n) is 16.6. The number of amides is 3. The summed E-state index contributed by atoms with van der Waals surface area (Å²) in [4.78, 5) is 37.5. The summed E-state index contributed by atoms with van der Waals surface area (Å²) in [7, 11) is 3.32. The maximum absolute atomic E-state index is 12.4. The Morgan fingerprint density at radius 2 is 1.55 bits per heavy atom. The molecule has 150 valence electrons. The lowest BCUT2D eigenvalue weighted by molar-refractivity contribution is -0.125. The lowest BCUT2D eigenvalue weighted by Crippen LogP contribution is -2.25. The molecule has 29 heavy (non-hydrogen) atoms. The first kappa shape index (κ1) is 20.3. The standard InChI is InChI=1S/C23H25N3O3/c1-24-22(28)18-10-5-17(6-11-18)15-26(2)21(27)14-7-16-3-8-19(9-4-16)23(29)25-20-12-13-20/h3-11,14,20H,12-13,15H2,1-2H3,(H,24,28)(H,25,29)/b14-7+. The fourth-order valence-electron chi connectivity index (χ4n) is 2.79. The van der Waals surface area contributed by atoms with Crippen molar-refractivity contribution in [2.75, 3.05) is 14.1 Å². The highest BCUT2D eigenvalue weighted by Crippen LogP contribution is 2.19. The van der Waals surface area contributed by atoms with Crippen LogP contribution in [0.2, 0.25) is 0 Å². The first-order valence-electron chi connectivity index (χ1n) is 9.61. The van der Waals surface area contributed by atoms with E-state index in [2.05, 4.69) is 10.6 Å². The van der Waals surface area contributed by atoms with Gasteiger partial charge in [-0.3, -0.25) is 14.4 Å². The van der Waals surface area contributed by atoms with Gasteiger partial charge in [-0.2, -0.15) is 0 Å².